The summed E-state index contributed by atoms with van der Waals surface area (Å²) in [7, 11) is -3.18. The van der Waals surface area contributed by atoms with Crippen LogP contribution in [0.15, 0.2) is 41.5 Å². The Balaban J connectivity index is 1.62. The summed E-state index contributed by atoms with van der Waals surface area (Å²) < 4.78 is 33.1. The minimum atomic E-state index is -3.18. The molecule has 2 aromatic rings. The first kappa shape index (κ1) is 25.8. The summed E-state index contributed by atoms with van der Waals surface area (Å²) in [6.07, 6.45) is 1.59. The Bertz CT molecular complexity index is 1270. The molecule has 1 aromatic heterocycles. The fourth-order valence-corrected chi connectivity index (χ4v) is 6.90. The fraction of sp³-hybridized carbons (Fsp3) is 0.423. The number of nitrogens with one attached hydrogen (secondary N) is 1. The average Bonchev–Trinajstić information content (AvgIpc) is 2.95. The number of rotatable bonds is 4. The van der Waals surface area contributed by atoms with Crippen molar-refractivity contribution in [3.05, 3.63) is 47.8 Å². The molecule has 4 rings (SSSR count). The number of ether oxygens (including phenoxy) is 2. The van der Waals surface area contributed by atoms with Crippen LogP contribution in [0.3, 0.4) is 0 Å². The highest BCUT2D eigenvalue weighted by molar-refractivity contribution is 8.26. The van der Waals surface area contributed by atoms with Crippen LogP contribution in [-0.4, -0.2) is 48.5 Å². The van der Waals surface area contributed by atoms with Crippen molar-refractivity contribution in [3.63, 3.8) is 0 Å². The van der Waals surface area contributed by atoms with Crippen LogP contribution in [0, 0.1) is 11.8 Å². The van der Waals surface area contributed by atoms with Gasteiger partial charge in [-0.25, -0.2) is 4.98 Å². The first-order valence-electron chi connectivity index (χ1n) is 11.7. The number of amides is 1. The van der Waals surface area contributed by atoms with Crippen LogP contribution >= 0.6 is 10.6 Å². The Morgan fingerprint density at radius 1 is 1.31 bits per heavy atom. The van der Waals surface area contributed by atoms with Gasteiger partial charge in [-0.15, -0.1) is 5.92 Å². The highest BCUT2D eigenvalue weighted by Crippen LogP contribution is 2.66. The SMILES string of the molecule is CC#C[C@H](C)Oc1ccc(C(=O)Nc2ccc3c(c2)[C@@]2(C)N=C(N)C(C)(C)S(O)(O)[C@@H]2CCO3)nc1. The van der Waals surface area contributed by atoms with Crippen molar-refractivity contribution in [1.29, 1.82) is 0 Å². The molecule has 5 N–H and O–H groups in total. The molecule has 2 aliphatic rings. The van der Waals surface area contributed by atoms with Crippen LogP contribution in [0.4, 0.5) is 5.69 Å². The summed E-state index contributed by atoms with van der Waals surface area (Å²) >= 11 is 0. The fourth-order valence-electron chi connectivity index (χ4n) is 4.59. The Labute approximate surface area is 212 Å². The van der Waals surface area contributed by atoms with Gasteiger partial charge < -0.3 is 20.5 Å². The normalized spacial score (nSPS) is 25.2. The second-order valence-corrected chi connectivity index (χ2v) is 12.3. The molecule has 0 saturated heterocycles. The van der Waals surface area contributed by atoms with E-state index in [1.54, 1.807) is 51.1 Å². The molecule has 0 fully saturated rings. The van der Waals surface area contributed by atoms with E-state index < -0.39 is 32.0 Å². The number of carbonyl (C=O) groups is 1. The smallest absolute Gasteiger partial charge is 0.274 e. The number of carbonyl (C=O) groups excluding carboxylic acids is 1. The topological polar surface area (TPSA) is 139 Å². The standard InChI is InChI=1S/C26H32N4O5S/c1-6-7-16(2)35-18-9-10-20(28-15-18)23(31)29-17-8-11-21-19(14-17)26(5)22(12-13-34-21)36(32,33)25(3,4)24(27)30-26/h8-11,14-16,22,32-33H,12-13H2,1-5H3,(H2,27,30)(H,29,31)/t16-,22+,26+/m0/s1. The first-order valence-corrected chi connectivity index (χ1v) is 13.3. The summed E-state index contributed by atoms with van der Waals surface area (Å²) in [6.45, 7) is 9.10. The summed E-state index contributed by atoms with van der Waals surface area (Å²) in [5, 5.41) is 2.25. The van der Waals surface area contributed by atoms with Crippen LogP contribution in [0.5, 0.6) is 11.5 Å². The monoisotopic (exact) mass is 512 g/mol. The van der Waals surface area contributed by atoms with Crippen LogP contribution in [0.25, 0.3) is 0 Å². The summed E-state index contributed by atoms with van der Waals surface area (Å²) in [6, 6.07) is 8.46. The molecule has 0 aliphatic carbocycles. The molecule has 0 unspecified atom stereocenters. The number of benzene rings is 1. The van der Waals surface area contributed by atoms with Gasteiger partial charge in [0.05, 0.1) is 18.1 Å². The van der Waals surface area contributed by atoms with E-state index in [2.05, 4.69) is 22.1 Å². The number of anilines is 1. The molecule has 0 radical (unpaired) electrons. The lowest BCUT2D eigenvalue weighted by Crippen LogP contribution is -2.56. The van der Waals surface area contributed by atoms with Crippen LogP contribution in [0.1, 0.15) is 57.1 Å². The maximum Gasteiger partial charge on any atom is 0.274 e. The minimum Gasteiger partial charge on any atom is -0.493 e. The molecule has 192 valence electrons. The Morgan fingerprint density at radius 3 is 2.72 bits per heavy atom. The van der Waals surface area contributed by atoms with Crippen molar-refractivity contribution < 1.29 is 23.4 Å². The first-order chi connectivity index (χ1) is 16.9. The number of nitrogens with two attached hydrogens (primary N) is 1. The number of aromatic nitrogens is 1. The predicted octanol–water partition coefficient (Wildman–Crippen LogP) is 4.39. The van der Waals surface area contributed by atoms with Crippen molar-refractivity contribution in [2.75, 3.05) is 11.9 Å². The van der Waals surface area contributed by atoms with E-state index in [4.69, 9.17) is 20.2 Å². The minimum absolute atomic E-state index is 0.175. The lowest BCUT2D eigenvalue weighted by Gasteiger charge is -2.58. The molecule has 3 heterocycles. The molecule has 10 heteroatoms. The number of hydrogen-bond donors (Lipinski definition) is 4. The Kier molecular flexibility index (Phi) is 6.68. The molecule has 0 spiro atoms. The number of fused-ring (bicyclic) bond motifs is 3. The summed E-state index contributed by atoms with van der Waals surface area (Å²) in [5.74, 6) is 6.53. The lowest BCUT2D eigenvalue weighted by molar-refractivity contribution is 0.102. The molecule has 1 aromatic carbocycles. The van der Waals surface area contributed by atoms with E-state index in [9.17, 15) is 13.9 Å². The zero-order valence-corrected chi connectivity index (χ0v) is 21.8. The predicted molar refractivity (Wildman–Crippen MR) is 142 cm³/mol. The summed E-state index contributed by atoms with van der Waals surface area (Å²) in [5.41, 5.74) is 6.55. The van der Waals surface area contributed by atoms with Gasteiger partial charge in [-0.1, -0.05) is 5.92 Å². The molecule has 0 bridgehead atoms. The van der Waals surface area contributed by atoms with Gasteiger partial charge in [0.15, 0.2) is 6.10 Å². The molecular formula is C26H32N4O5S. The highest BCUT2D eigenvalue weighted by atomic mass is 32.3. The van der Waals surface area contributed by atoms with Crippen molar-refractivity contribution in [2.45, 2.75) is 62.7 Å². The van der Waals surface area contributed by atoms with E-state index in [1.165, 1.54) is 6.20 Å². The third kappa shape index (κ3) is 4.39. The molecule has 3 atom stereocenters. The maximum absolute atomic E-state index is 12.9. The average molecular weight is 513 g/mol. The van der Waals surface area contributed by atoms with Crippen LogP contribution in [-0.2, 0) is 5.54 Å². The molecule has 36 heavy (non-hydrogen) atoms. The molecule has 1 amide bonds. The maximum atomic E-state index is 12.9. The van der Waals surface area contributed by atoms with Gasteiger partial charge in [-0.3, -0.25) is 18.9 Å². The van der Waals surface area contributed by atoms with Crippen LogP contribution < -0.4 is 20.5 Å². The lowest BCUT2D eigenvalue weighted by atomic mass is 9.86. The van der Waals surface area contributed by atoms with E-state index >= 15 is 0 Å². The largest absolute Gasteiger partial charge is 0.493 e. The number of nitrogens with zero attached hydrogens (tertiary/aromatic N) is 2. The molecular weight excluding hydrogens is 480 g/mol. The second-order valence-electron chi connectivity index (χ2n) is 9.57. The quantitative estimate of drug-likeness (QED) is 0.446. The zero-order valence-electron chi connectivity index (χ0n) is 21.0. The zero-order chi connectivity index (χ0) is 26.3. The van der Waals surface area contributed by atoms with Gasteiger partial charge in [0.25, 0.3) is 5.91 Å². The van der Waals surface area contributed by atoms with Gasteiger partial charge in [-0.2, -0.15) is 10.6 Å². The summed E-state index contributed by atoms with van der Waals surface area (Å²) in [4.78, 5) is 21.9. The molecule has 9 nitrogen and oxygen atoms in total. The Morgan fingerprint density at radius 2 is 2.06 bits per heavy atom. The number of aliphatic imine (C=N–C) groups is 1. The van der Waals surface area contributed by atoms with Gasteiger partial charge >= 0.3 is 0 Å². The van der Waals surface area contributed by atoms with Gasteiger partial charge in [0.1, 0.15) is 33.3 Å². The molecule has 0 saturated carbocycles. The van der Waals surface area contributed by atoms with Crippen molar-refractivity contribution in [2.24, 2.45) is 10.7 Å². The van der Waals surface area contributed by atoms with E-state index in [0.29, 0.717) is 35.8 Å². The van der Waals surface area contributed by atoms with Crippen molar-refractivity contribution in [3.8, 4) is 23.3 Å². The number of pyridine rings is 1. The van der Waals surface area contributed by atoms with Gasteiger partial charge in [0.2, 0.25) is 0 Å². The van der Waals surface area contributed by atoms with Gasteiger partial charge in [0, 0.05) is 17.7 Å². The second kappa shape index (κ2) is 9.32. The Hall–Kier alpha value is -3.26. The third-order valence-corrected chi connectivity index (χ3v) is 9.99. The van der Waals surface area contributed by atoms with E-state index in [-0.39, 0.29) is 17.6 Å². The van der Waals surface area contributed by atoms with E-state index in [1.807, 2.05) is 13.8 Å². The number of hydrogen-bond acceptors (Lipinski definition) is 8. The van der Waals surface area contributed by atoms with E-state index in [0.717, 1.165) is 0 Å². The van der Waals surface area contributed by atoms with Crippen LogP contribution in [0.2, 0.25) is 0 Å². The number of amidine groups is 1. The van der Waals surface area contributed by atoms with Crippen molar-refractivity contribution in [1.82, 2.24) is 4.98 Å². The van der Waals surface area contributed by atoms with Gasteiger partial charge in [-0.05, 0) is 65.0 Å². The van der Waals surface area contributed by atoms with Crippen molar-refractivity contribution >= 4 is 28.0 Å². The molecule has 2 aliphatic heterocycles. The third-order valence-electron chi connectivity index (χ3n) is 6.79. The highest BCUT2D eigenvalue weighted by Gasteiger charge is 2.57.